The normalized spacial score (nSPS) is 12.5. The van der Waals surface area contributed by atoms with Gasteiger partial charge in [-0.3, -0.25) is 0 Å². The van der Waals surface area contributed by atoms with Crippen molar-refractivity contribution in [3.05, 3.63) is 24.5 Å². The fourth-order valence-corrected chi connectivity index (χ4v) is 1.72. The zero-order valence-electron chi connectivity index (χ0n) is 15.4. The molecule has 7 heteroatoms. The fraction of sp³-hybridized carbons (Fsp3) is 0.706. The van der Waals surface area contributed by atoms with Crippen LogP contribution < -0.4 is 0 Å². The van der Waals surface area contributed by atoms with Crippen LogP contribution in [-0.4, -0.2) is 51.3 Å². The molecule has 0 rings (SSSR count). The van der Waals surface area contributed by atoms with Gasteiger partial charge in [0.05, 0.1) is 12.4 Å². The lowest BCUT2D eigenvalue weighted by Gasteiger charge is -2.37. The van der Waals surface area contributed by atoms with E-state index in [0.29, 0.717) is 31.2 Å². The topological polar surface area (TPSA) is 72.5 Å². The largest absolute Gasteiger partial charge is 0.462 e. The lowest BCUT2D eigenvalue weighted by Crippen LogP contribution is -2.53. The van der Waals surface area contributed by atoms with Crippen molar-refractivity contribution in [2.45, 2.75) is 46.9 Å². The summed E-state index contributed by atoms with van der Waals surface area (Å²) in [5, 5.41) is 0. The van der Waals surface area contributed by atoms with Gasteiger partial charge in [0.15, 0.2) is 0 Å². The quantitative estimate of drug-likeness (QED) is 0.157. The summed E-state index contributed by atoms with van der Waals surface area (Å²) in [5.41, 5.74) is 0.314. The summed E-state index contributed by atoms with van der Waals surface area (Å²) >= 11 is 0. The van der Waals surface area contributed by atoms with Gasteiger partial charge in [-0.2, -0.15) is 0 Å². The van der Waals surface area contributed by atoms with Crippen LogP contribution in [0, 0.1) is 0 Å². The summed E-state index contributed by atoms with van der Waals surface area (Å²) in [4.78, 5) is 11.4. The van der Waals surface area contributed by atoms with E-state index in [1.54, 1.807) is 27.7 Å². The Morgan fingerprint density at radius 3 is 1.96 bits per heavy atom. The highest BCUT2D eigenvalue weighted by molar-refractivity contribution is 5.86. The summed E-state index contributed by atoms with van der Waals surface area (Å²) in [6, 6.07) is 0. The minimum absolute atomic E-state index is 0.0134. The molecule has 1 atom stereocenters. The van der Waals surface area contributed by atoms with Crippen LogP contribution >= 0.6 is 0 Å². The molecule has 0 spiro atoms. The Kier molecular flexibility index (Phi) is 11.3. The third-order valence-electron chi connectivity index (χ3n) is 2.57. The van der Waals surface area contributed by atoms with E-state index in [9.17, 15) is 4.79 Å². The average Bonchev–Trinajstić information content (AvgIpc) is 2.50. The zero-order chi connectivity index (χ0) is 18.6. The Morgan fingerprint density at radius 1 is 0.958 bits per heavy atom. The molecule has 0 aliphatic heterocycles. The van der Waals surface area contributed by atoms with E-state index in [1.165, 1.54) is 0 Å². The first-order valence-corrected chi connectivity index (χ1v) is 8.01. The van der Waals surface area contributed by atoms with Crippen LogP contribution in [0.15, 0.2) is 24.5 Å². The molecule has 0 aromatic heterocycles. The highest BCUT2D eigenvalue weighted by Gasteiger charge is 2.46. The molecule has 140 valence electrons. The van der Waals surface area contributed by atoms with Crippen LogP contribution in [0.25, 0.3) is 0 Å². The lowest BCUT2D eigenvalue weighted by atomic mass is 10.4. The van der Waals surface area contributed by atoms with Gasteiger partial charge in [-0.05, 0) is 34.6 Å². The number of hydrogen-bond acceptors (Lipinski definition) is 7. The van der Waals surface area contributed by atoms with Crippen molar-refractivity contribution in [3.8, 4) is 0 Å². The third kappa shape index (κ3) is 7.92. The lowest BCUT2D eigenvalue weighted by molar-refractivity contribution is -0.450. The Bertz CT molecular complexity index is 400. The molecule has 0 saturated carbocycles. The van der Waals surface area contributed by atoms with Gasteiger partial charge in [-0.25, -0.2) is 4.79 Å². The third-order valence-corrected chi connectivity index (χ3v) is 2.57. The van der Waals surface area contributed by atoms with Crippen molar-refractivity contribution in [1.29, 1.82) is 0 Å². The smallest absolute Gasteiger partial charge is 0.349 e. The highest BCUT2D eigenvalue weighted by atomic mass is 16.9. The fourth-order valence-electron chi connectivity index (χ4n) is 1.72. The van der Waals surface area contributed by atoms with E-state index in [1.807, 2.05) is 6.92 Å². The van der Waals surface area contributed by atoms with Crippen LogP contribution in [0.2, 0.25) is 0 Å². The summed E-state index contributed by atoms with van der Waals surface area (Å²) in [7, 11) is 0. The first-order valence-electron chi connectivity index (χ1n) is 8.01. The molecule has 24 heavy (non-hydrogen) atoms. The molecule has 0 fully saturated rings. The minimum Gasteiger partial charge on any atom is -0.462 e. The summed E-state index contributed by atoms with van der Waals surface area (Å²) in [5.74, 6) is -1.65. The molecule has 0 amide bonds. The molecule has 0 aromatic carbocycles. The van der Waals surface area contributed by atoms with E-state index in [4.69, 9.17) is 28.4 Å². The highest BCUT2D eigenvalue weighted by Crippen LogP contribution is 2.26. The summed E-state index contributed by atoms with van der Waals surface area (Å²) in [6.07, 6.45) is -0.975. The van der Waals surface area contributed by atoms with Gasteiger partial charge in [0.1, 0.15) is 6.61 Å². The summed E-state index contributed by atoms with van der Waals surface area (Å²) in [6.45, 7) is 16.9. The van der Waals surface area contributed by atoms with Crippen LogP contribution in [0.5, 0.6) is 0 Å². The zero-order valence-corrected chi connectivity index (χ0v) is 15.4. The average molecular weight is 346 g/mol. The molecular formula is C17H30O7. The molecule has 0 heterocycles. The predicted molar refractivity (Wildman–Crippen MR) is 89.0 cm³/mol. The molecule has 0 saturated heterocycles. The van der Waals surface area contributed by atoms with Crippen LogP contribution in [0.3, 0.4) is 0 Å². The second kappa shape index (κ2) is 12.0. The summed E-state index contributed by atoms with van der Waals surface area (Å²) < 4.78 is 33.1. The molecule has 1 unspecified atom stereocenters. The molecule has 0 aliphatic rings. The predicted octanol–water partition coefficient (Wildman–Crippen LogP) is 2.76. The van der Waals surface area contributed by atoms with Crippen molar-refractivity contribution < 1.29 is 33.2 Å². The van der Waals surface area contributed by atoms with Gasteiger partial charge in [-0.15, -0.1) is 0 Å². The van der Waals surface area contributed by atoms with Crippen LogP contribution in [0.4, 0.5) is 0 Å². The van der Waals surface area contributed by atoms with Crippen molar-refractivity contribution in [2.75, 3.05) is 33.0 Å². The Morgan fingerprint density at radius 2 is 1.54 bits per heavy atom. The maximum Gasteiger partial charge on any atom is 0.349 e. The molecule has 0 aliphatic carbocycles. The second-order valence-corrected chi connectivity index (χ2v) is 4.84. The van der Waals surface area contributed by atoms with Crippen molar-refractivity contribution in [3.63, 3.8) is 0 Å². The molecule has 7 nitrogen and oxygen atoms in total. The Labute approximate surface area is 144 Å². The van der Waals surface area contributed by atoms with Gasteiger partial charge in [0, 0.05) is 25.4 Å². The van der Waals surface area contributed by atoms with Gasteiger partial charge in [0.2, 0.25) is 0 Å². The van der Waals surface area contributed by atoms with E-state index >= 15 is 0 Å². The molecule has 0 aromatic rings. The number of ether oxygens (including phenoxy) is 6. The van der Waals surface area contributed by atoms with Gasteiger partial charge < -0.3 is 28.4 Å². The monoisotopic (exact) mass is 346 g/mol. The molecule has 0 radical (unpaired) electrons. The second-order valence-electron chi connectivity index (χ2n) is 4.84. The van der Waals surface area contributed by atoms with Crippen molar-refractivity contribution in [1.82, 2.24) is 0 Å². The van der Waals surface area contributed by atoms with E-state index in [2.05, 4.69) is 13.2 Å². The maximum atomic E-state index is 11.4. The van der Waals surface area contributed by atoms with E-state index in [0.717, 1.165) is 0 Å². The number of carbonyl (C=O) groups is 1. The SMILES string of the molecule is C=C(C)OC(OCC)C(OCC)(OCC)OCCOC(=O)C(=C)C. The van der Waals surface area contributed by atoms with Gasteiger partial charge >= 0.3 is 11.9 Å². The van der Waals surface area contributed by atoms with Crippen LogP contribution in [-0.2, 0) is 33.2 Å². The van der Waals surface area contributed by atoms with Crippen LogP contribution in [0.1, 0.15) is 34.6 Å². The maximum absolute atomic E-state index is 11.4. The number of esters is 1. The molecule has 0 N–H and O–H groups in total. The van der Waals surface area contributed by atoms with Gasteiger partial charge in [-0.1, -0.05) is 13.2 Å². The van der Waals surface area contributed by atoms with E-state index < -0.39 is 18.2 Å². The number of carbonyl (C=O) groups excluding carboxylic acids is 1. The molecule has 0 bridgehead atoms. The first-order chi connectivity index (χ1) is 11.3. The number of hydrogen-bond donors (Lipinski definition) is 0. The van der Waals surface area contributed by atoms with Crippen molar-refractivity contribution >= 4 is 5.97 Å². The Balaban J connectivity index is 5.04. The van der Waals surface area contributed by atoms with Gasteiger partial charge in [0.25, 0.3) is 6.29 Å². The minimum atomic E-state index is -1.59. The number of allylic oxidation sites excluding steroid dienone is 1. The standard InChI is InChI=1S/C17H30O7/c1-8-19-16(24-14(6)7)17(21-9-2,22-10-3)23-12-11-20-15(18)13(4)5/h16H,4,6,8-12H2,1-3,5,7H3. The van der Waals surface area contributed by atoms with E-state index in [-0.39, 0.29) is 13.2 Å². The Hall–Kier alpha value is -1.41. The first kappa shape index (κ1) is 22.6. The molecular weight excluding hydrogens is 316 g/mol. The van der Waals surface area contributed by atoms with Crippen molar-refractivity contribution in [2.24, 2.45) is 0 Å². The number of rotatable bonds is 14.